The lowest BCUT2D eigenvalue weighted by molar-refractivity contribution is 0.0939. The number of hydrogen-bond donors (Lipinski definition) is 2. The highest BCUT2D eigenvalue weighted by Gasteiger charge is 2.12. The van der Waals surface area contributed by atoms with E-state index in [0.29, 0.717) is 16.4 Å². The third kappa shape index (κ3) is 3.95. The Morgan fingerprint density at radius 1 is 1.24 bits per heavy atom. The quantitative estimate of drug-likeness (QED) is 0.908. The van der Waals surface area contributed by atoms with Crippen LogP contribution in [-0.4, -0.2) is 17.9 Å². The number of hydrogen-bond acceptors (Lipinski definition) is 3. The minimum Gasteiger partial charge on any atom is -0.373 e. The van der Waals surface area contributed by atoms with Gasteiger partial charge in [0.25, 0.3) is 5.91 Å². The van der Waals surface area contributed by atoms with Crippen molar-refractivity contribution in [1.29, 1.82) is 0 Å². The van der Waals surface area contributed by atoms with Gasteiger partial charge in [-0.2, -0.15) is 0 Å². The minimum atomic E-state index is -0.126. The molecule has 21 heavy (non-hydrogen) atoms. The summed E-state index contributed by atoms with van der Waals surface area (Å²) in [5.74, 6) is 0.554. The zero-order valence-electron chi connectivity index (χ0n) is 12.3. The standard InChI is InChI=1S/C16H18ClN3O/c1-10-8-13(9-15(18-3)19-10)16(21)20-11(2)12-4-6-14(17)7-5-12/h4-9,11H,1-3H3,(H,18,19)(H,20,21). The van der Waals surface area contributed by atoms with Crippen LogP contribution in [0.2, 0.25) is 5.02 Å². The van der Waals surface area contributed by atoms with E-state index in [9.17, 15) is 4.79 Å². The highest BCUT2D eigenvalue weighted by molar-refractivity contribution is 6.30. The Labute approximate surface area is 129 Å². The van der Waals surface area contributed by atoms with Crippen LogP contribution in [0.3, 0.4) is 0 Å². The van der Waals surface area contributed by atoms with Gasteiger partial charge in [0, 0.05) is 23.3 Å². The number of aromatic nitrogens is 1. The number of aryl methyl sites for hydroxylation is 1. The number of pyridine rings is 1. The highest BCUT2D eigenvalue weighted by atomic mass is 35.5. The van der Waals surface area contributed by atoms with Crippen molar-refractivity contribution in [2.45, 2.75) is 19.9 Å². The molecule has 5 heteroatoms. The first-order valence-electron chi connectivity index (χ1n) is 6.72. The molecule has 0 bridgehead atoms. The van der Waals surface area contributed by atoms with Gasteiger partial charge in [0.05, 0.1) is 6.04 Å². The Morgan fingerprint density at radius 2 is 1.90 bits per heavy atom. The summed E-state index contributed by atoms with van der Waals surface area (Å²) in [6.45, 7) is 3.80. The molecule has 0 saturated heterocycles. The normalized spacial score (nSPS) is 11.8. The molecule has 4 nitrogen and oxygen atoms in total. The van der Waals surface area contributed by atoms with Gasteiger partial charge in [-0.1, -0.05) is 23.7 Å². The van der Waals surface area contributed by atoms with Crippen LogP contribution in [0, 0.1) is 6.92 Å². The number of nitrogens with zero attached hydrogens (tertiary/aromatic N) is 1. The largest absolute Gasteiger partial charge is 0.373 e. The van der Waals surface area contributed by atoms with Crippen LogP contribution in [0.4, 0.5) is 5.82 Å². The predicted octanol–water partition coefficient (Wildman–Crippen LogP) is 3.58. The highest BCUT2D eigenvalue weighted by Crippen LogP contribution is 2.17. The van der Waals surface area contributed by atoms with Crippen molar-refractivity contribution in [2.75, 3.05) is 12.4 Å². The third-order valence-electron chi connectivity index (χ3n) is 3.19. The number of anilines is 1. The second kappa shape index (κ2) is 6.59. The number of amides is 1. The van der Waals surface area contributed by atoms with Crippen LogP contribution < -0.4 is 10.6 Å². The second-order valence-corrected chi connectivity index (χ2v) is 5.32. The molecule has 0 aliphatic carbocycles. The smallest absolute Gasteiger partial charge is 0.251 e. The first kappa shape index (κ1) is 15.3. The molecule has 1 amide bonds. The first-order chi connectivity index (χ1) is 9.99. The lowest BCUT2D eigenvalue weighted by Gasteiger charge is -2.15. The number of nitrogens with one attached hydrogen (secondary N) is 2. The lowest BCUT2D eigenvalue weighted by atomic mass is 10.1. The van der Waals surface area contributed by atoms with Gasteiger partial charge in [0.2, 0.25) is 0 Å². The molecular weight excluding hydrogens is 286 g/mol. The second-order valence-electron chi connectivity index (χ2n) is 4.88. The maximum absolute atomic E-state index is 12.3. The molecule has 2 rings (SSSR count). The fraction of sp³-hybridized carbons (Fsp3) is 0.250. The molecule has 2 aromatic rings. The average molecular weight is 304 g/mol. The molecule has 0 radical (unpaired) electrons. The summed E-state index contributed by atoms with van der Waals surface area (Å²) in [4.78, 5) is 16.6. The average Bonchev–Trinajstić information content (AvgIpc) is 2.47. The summed E-state index contributed by atoms with van der Waals surface area (Å²) in [5.41, 5.74) is 2.39. The minimum absolute atomic E-state index is 0.0960. The van der Waals surface area contributed by atoms with Crippen molar-refractivity contribution < 1.29 is 4.79 Å². The van der Waals surface area contributed by atoms with Crippen LogP contribution in [0.15, 0.2) is 36.4 Å². The van der Waals surface area contributed by atoms with Crippen molar-refractivity contribution in [3.63, 3.8) is 0 Å². The fourth-order valence-electron chi connectivity index (χ4n) is 2.04. The van der Waals surface area contributed by atoms with E-state index in [2.05, 4.69) is 15.6 Å². The van der Waals surface area contributed by atoms with E-state index in [4.69, 9.17) is 11.6 Å². The molecule has 0 saturated carbocycles. The van der Waals surface area contributed by atoms with E-state index in [1.54, 1.807) is 19.2 Å². The monoisotopic (exact) mass is 303 g/mol. The zero-order valence-corrected chi connectivity index (χ0v) is 13.0. The Morgan fingerprint density at radius 3 is 2.52 bits per heavy atom. The summed E-state index contributed by atoms with van der Waals surface area (Å²) in [7, 11) is 1.78. The van der Waals surface area contributed by atoms with Gasteiger partial charge in [-0.3, -0.25) is 4.79 Å². The van der Waals surface area contributed by atoms with E-state index in [0.717, 1.165) is 11.3 Å². The summed E-state index contributed by atoms with van der Waals surface area (Å²) >= 11 is 5.87. The first-order valence-corrected chi connectivity index (χ1v) is 7.10. The number of benzene rings is 1. The van der Waals surface area contributed by atoms with Crippen LogP contribution in [0.1, 0.15) is 34.6 Å². The molecule has 110 valence electrons. The summed E-state index contributed by atoms with van der Waals surface area (Å²) < 4.78 is 0. The summed E-state index contributed by atoms with van der Waals surface area (Å²) in [5, 5.41) is 6.60. The van der Waals surface area contributed by atoms with Crippen LogP contribution in [0.5, 0.6) is 0 Å². The topological polar surface area (TPSA) is 54.0 Å². The van der Waals surface area contributed by atoms with Crippen molar-refractivity contribution >= 4 is 23.3 Å². The Kier molecular flexibility index (Phi) is 4.81. The van der Waals surface area contributed by atoms with Gasteiger partial charge < -0.3 is 10.6 Å². The molecule has 1 aromatic carbocycles. The van der Waals surface area contributed by atoms with E-state index in [1.165, 1.54) is 0 Å². The number of rotatable bonds is 4. The third-order valence-corrected chi connectivity index (χ3v) is 3.44. The van der Waals surface area contributed by atoms with E-state index < -0.39 is 0 Å². The van der Waals surface area contributed by atoms with Gasteiger partial charge in [-0.05, 0) is 43.7 Å². The molecule has 2 N–H and O–H groups in total. The molecule has 0 fully saturated rings. The van der Waals surface area contributed by atoms with E-state index in [-0.39, 0.29) is 11.9 Å². The summed E-state index contributed by atoms with van der Waals surface area (Å²) in [6, 6.07) is 10.8. The van der Waals surface area contributed by atoms with Crippen molar-refractivity contribution in [3.05, 3.63) is 58.2 Å². The van der Waals surface area contributed by atoms with Gasteiger partial charge in [-0.25, -0.2) is 4.98 Å². The molecule has 1 atom stereocenters. The Bertz CT molecular complexity index is 640. The SMILES string of the molecule is CNc1cc(C(=O)NC(C)c2ccc(Cl)cc2)cc(C)n1. The van der Waals surface area contributed by atoms with Crippen molar-refractivity contribution in [1.82, 2.24) is 10.3 Å². The van der Waals surface area contributed by atoms with Crippen LogP contribution in [-0.2, 0) is 0 Å². The summed E-state index contributed by atoms with van der Waals surface area (Å²) in [6.07, 6.45) is 0. The molecule has 1 heterocycles. The molecule has 0 spiro atoms. The Balaban J connectivity index is 2.13. The number of halogens is 1. The fourth-order valence-corrected chi connectivity index (χ4v) is 2.17. The lowest BCUT2D eigenvalue weighted by Crippen LogP contribution is -2.26. The van der Waals surface area contributed by atoms with Gasteiger partial charge in [0.15, 0.2) is 0 Å². The number of carbonyl (C=O) groups is 1. The Hall–Kier alpha value is -2.07. The maximum Gasteiger partial charge on any atom is 0.251 e. The van der Waals surface area contributed by atoms with Crippen LogP contribution in [0.25, 0.3) is 0 Å². The molecule has 0 aliphatic heterocycles. The van der Waals surface area contributed by atoms with Gasteiger partial charge in [-0.15, -0.1) is 0 Å². The zero-order chi connectivity index (χ0) is 15.4. The van der Waals surface area contributed by atoms with Crippen molar-refractivity contribution in [2.24, 2.45) is 0 Å². The van der Waals surface area contributed by atoms with Crippen molar-refractivity contribution in [3.8, 4) is 0 Å². The molecule has 0 aliphatic rings. The molecule has 1 aromatic heterocycles. The number of carbonyl (C=O) groups excluding carboxylic acids is 1. The molecular formula is C16H18ClN3O. The van der Waals surface area contributed by atoms with E-state index in [1.807, 2.05) is 38.1 Å². The molecule has 1 unspecified atom stereocenters. The van der Waals surface area contributed by atoms with E-state index >= 15 is 0 Å². The van der Waals surface area contributed by atoms with Gasteiger partial charge in [0.1, 0.15) is 5.82 Å². The van der Waals surface area contributed by atoms with Gasteiger partial charge >= 0.3 is 0 Å². The van der Waals surface area contributed by atoms with Crippen LogP contribution >= 0.6 is 11.6 Å². The maximum atomic E-state index is 12.3. The predicted molar refractivity (Wildman–Crippen MR) is 85.9 cm³/mol.